The summed E-state index contributed by atoms with van der Waals surface area (Å²) in [6.07, 6.45) is 0.993. The molecule has 1 atom stereocenters. The molecular weight excluding hydrogens is 409 g/mol. The van der Waals surface area contributed by atoms with E-state index in [-0.39, 0.29) is 24.0 Å². The van der Waals surface area contributed by atoms with E-state index >= 15 is 0 Å². The molecule has 2 rings (SSSR count). The summed E-state index contributed by atoms with van der Waals surface area (Å²) in [7, 11) is 1.67. The van der Waals surface area contributed by atoms with E-state index in [1.807, 2.05) is 26.0 Å². The minimum atomic E-state index is -0.728. The fourth-order valence-corrected chi connectivity index (χ4v) is 1.92. The molecule has 0 aliphatic rings. The number of hydrogen-bond acceptors (Lipinski definition) is 5. The van der Waals surface area contributed by atoms with Gasteiger partial charge in [0.15, 0.2) is 5.96 Å². The number of halogens is 1. The number of aliphatic hydroxyl groups excluding tert-OH is 1. The van der Waals surface area contributed by atoms with E-state index in [9.17, 15) is 5.11 Å². The smallest absolute Gasteiger partial charge is 0.191 e. The van der Waals surface area contributed by atoms with Crippen LogP contribution in [0, 0.1) is 13.8 Å². The van der Waals surface area contributed by atoms with Gasteiger partial charge in [0.2, 0.25) is 0 Å². The summed E-state index contributed by atoms with van der Waals surface area (Å²) >= 11 is 0. The topological polar surface area (TPSA) is 95.6 Å². The van der Waals surface area contributed by atoms with E-state index in [4.69, 9.17) is 4.42 Å². The number of rotatable bonds is 5. The van der Waals surface area contributed by atoms with Crippen LogP contribution in [-0.4, -0.2) is 34.6 Å². The van der Waals surface area contributed by atoms with Crippen LogP contribution in [0.15, 0.2) is 33.8 Å². The number of aliphatic hydroxyl groups is 1. The zero-order valence-electron chi connectivity index (χ0n) is 13.4. The second-order valence-electron chi connectivity index (χ2n) is 4.87. The summed E-state index contributed by atoms with van der Waals surface area (Å²) in [6.45, 7) is 4.51. The number of nitrogens with one attached hydrogen (secondary N) is 2. The Kier molecular flexibility index (Phi) is 7.96. The average Bonchev–Trinajstić information content (AvgIpc) is 2.94. The average molecular weight is 431 g/mol. The van der Waals surface area contributed by atoms with Crippen molar-refractivity contribution in [3.05, 3.63) is 47.4 Å². The lowest BCUT2D eigenvalue weighted by molar-refractivity contribution is 0.151. The molecule has 0 bridgehead atoms. The molecular formula is C15H22IN5O2. The summed E-state index contributed by atoms with van der Waals surface area (Å²) < 4.78 is 5.39. The van der Waals surface area contributed by atoms with Crippen LogP contribution < -0.4 is 10.6 Å². The van der Waals surface area contributed by atoms with Crippen LogP contribution >= 0.6 is 24.0 Å². The van der Waals surface area contributed by atoms with Crippen LogP contribution in [0.5, 0.6) is 0 Å². The number of aliphatic imine (C=N–C) groups is 1. The van der Waals surface area contributed by atoms with Gasteiger partial charge in [-0.25, -0.2) is 9.97 Å². The van der Waals surface area contributed by atoms with Gasteiger partial charge >= 0.3 is 0 Å². The van der Waals surface area contributed by atoms with Crippen LogP contribution in [0.3, 0.4) is 0 Å². The van der Waals surface area contributed by atoms with Gasteiger partial charge in [-0.2, -0.15) is 0 Å². The largest absolute Gasteiger partial charge is 0.464 e. The molecule has 0 saturated heterocycles. The normalized spacial score (nSPS) is 12.4. The van der Waals surface area contributed by atoms with Crippen LogP contribution in [0.4, 0.5) is 0 Å². The number of furan rings is 1. The second kappa shape index (κ2) is 9.46. The molecule has 23 heavy (non-hydrogen) atoms. The van der Waals surface area contributed by atoms with Crippen molar-refractivity contribution in [1.29, 1.82) is 0 Å². The van der Waals surface area contributed by atoms with Crippen molar-refractivity contribution in [3.63, 3.8) is 0 Å². The maximum atomic E-state index is 10.0. The Hall–Kier alpha value is -1.68. The van der Waals surface area contributed by atoms with Crippen LogP contribution in [0.2, 0.25) is 0 Å². The Morgan fingerprint density at radius 2 is 2.09 bits per heavy atom. The molecule has 8 heteroatoms. The molecule has 3 N–H and O–H groups in total. The van der Waals surface area contributed by atoms with Crippen LogP contribution in [0.25, 0.3) is 0 Å². The van der Waals surface area contributed by atoms with Crippen molar-refractivity contribution in [2.45, 2.75) is 26.5 Å². The van der Waals surface area contributed by atoms with Crippen molar-refractivity contribution in [1.82, 2.24) is 20.6 Å². The highest BCUT2D eigenvalue weighted by Gasteiger charge is 2.12. The molecule has 2 aromatic rings. The third-order valence-corrected chi connectivity index (χ3v) is 3.05. The molecule has 0 saturated carbocycles. The summed E-state index contributed by atoms with van der Waals surface area (Å²) in [5.41, 5.74) is 0.873. The van der Waals surface area contributed by atoms with Gasteiger partial charge in [-0.3, -0.25) is 4.99 Å². The van der Waals surface area contributed by atoms with E-state index in [2.05, 4.69) is 25.6 Å². The third-order valence-electron chi connectivity index (χ3n) is 3.05. The first-order chi connectivity index (χ1) is 10.6. The van der Waals surface area contributed by atoms with Crippen molar-refractivity contribution in [2.75, 3.05) is 13.6 Å². The van der Waals surface area contributed by atoms with Crippen molar-refractivity contribution in [2.24, 2.45) is 4.99 Å². The highest BCUT2D eigenvalue weighted by atomic mass is 127. The second-order valence-corrected chi connectivity index (χ2v) is 4.87. The lowest BCUT2D eigenvalue weighted by Gasteiger charge is -2.14. The van der Waals surface area contributed by atoms with Gasteiger partial charge in [0.1, 0.15) is 23.4 Å². The van der Waals surface area contributed by atoms with E-state index in [0.717, 1.165) is 17.3 Å². The van der Waals surface area contributed by atoms with Gasteiger partial charge in [0, 0.05) is 13.2 Å². The van der Waals surface area contributed by atoms with Crippen molar-refractivity contribution < 1.29 is 9.52 Å². The molecule has 2 aromatic heterocycles. The summed E-state index contributed by atoms with van der Waals surface area (Å²) in [5.74, 6) is 2.62. The lowest BCUT2D eigenvalue weighted by atomic mass is 10.3. The molecule has 0 radical (unpaired) electrons. The third kappa shape index (κ3) is 6.14. The SMILES string of the molecule is CN=C(NCc1ccnc(C)n1)NCC(O)c1ccc(C)o1.I. The van der Waals surface area contributed by atoms with Gasteiger partial charge < -0.3 is 20.2 Å². The molecule has 2 heterocycles. The number of nitrogens with zero attached hydrogens (tertiary/aromatic N) is 3. The van der Waals surface area contributed by atoms with E-state index in [1.165, 1.54) is 0 Å². The van der Waals surface area contributed by atoms with Gasteiger partial charge in [-0.1, -0.05) is 0 Å². The molecule has 0 aliphatic carbocycles. The van der Waals surface area contributed by atoms with E-state index in [0.29, 0.717) is 24.8 Å². The lowest BCUT2D eigenvalue weighted by Crippen LogP contribution is -2.39. The Bertz CT molecular complexity index is 644. The standard InChI is InChI=1S/C15H21N5O2.HI/c1-10-4-5-14(22-10)13(21)9-19-15(16-3)18-8-12-6-7-17-11(2)20-12;/h4-7,13,21H,8-9H2,1-3H3,(H2,16,18,19);1H. The minimum Gasteiger partial charge on any atom is -0.464 e. The van der Waals surface area contributed by atoms with Gasteiger partial charge in [-0.15, -0.1) is 24.0 Å². The predicted molar refractivity (Wildman–Crippen MR) is 98.8 cm³/mol. The summed E-state index contributed by atoms with van der Waals surface area (Å²) in [4.78, 5) is 12.5. The first-order valence-electron chi connectivity index (χ1n) is 7.06. The summed E-state index contributed by atoms with van der Waals surface area (Å²) in [5, 5.41) is 16.2. The predicted octanol–water partition coefficient (Wildman–Crippen LogP) is 1.70. The number of aryl methyl sites for hydroxylation is 2. The zero-order valence-corrected chi connectivity index (χ0v) is 15.7. The minimum absolute atomic E-state index is 0. The van der Waals surface area contributed by atoms with Crippen molar-refractivity contribution >= 4 is 29.9 Å². The molecule has 0 aromatic carbocycles. The monoisotopic (exact) mass is 431 g/mol. The molecule has 126 valence electrons. The number of aromatic nitrogens is 2. The molecule has 0 amide bonds. The van der Waals surface area contributed by atoms with E-state index < -0.39 is 6.10 Å². The molecule has 0 spiro atoms. The summed E-state index contributed by atoms with van der Waals surface area (Å²) in [6, 6.07) is 5.43. The first kappa shape index (κ1) is 19.4. The highest BCUT2D eigenvalue weighted by molar-refractivity contribution is 14.0. The quantitative estimate of drug-likeness (QED) is 0.379. The Morgan fingerprint density at radius 3 is 2.70 bits per heavy atom. The van der Waals surface area contributed by atoms with Crippen molar-refractivity contribution in [3.8, 4) is 0 Å². The van der Waals surface area contributed by atoms with Crippen LogP contribution in [-0.2, 0) is 6.54 Å². The number of hydrogen-bond donors (Lipinski definition) is 3. The highest BCUT2D eigenvalue weighted by Crippen LogP contribution is 2.14. The Balaban J connectivity index is 0.00000264. The van der Waals surface area contributed by atoms with E-state index in [1.54, 1.807) is 19.3 Å². The van der Waals surface area contributed by atoms with Crippen LogP contribution in [0.1, 0.15) is 29.1 Å². The molecule has 1 unspecified atom stereocenters. The maximum Gasteiger partial charge on any atom is 0.191 e. The van der Waals surface area contributed by atoms with Gasteiger partial charge in [0.05, 0.1) is 18.8 Å². The maximum absolute atomic E-state index is 10.0. The van der Waals surface area contributed by atoms with Gasteiger partial charge in [0.25, 0.3) is 0 Å². The molecule has 0 aliphatic heterocycles. The Labute approximate surface area is 152 Å². The Morgan fingerprint density at radius 1 is 1.30 bits per heavy atom. The first-order valence-corrected chi connectivity index (χ1v) is 7.06. The molecule has 7 nitrogen and oxygen atoms in total. The fraction of sp³-hybridized carbons (Fsp3) is 0.400. The van der Waals surface area contributed by atoms with Gasteiger partial charge in [-0.05, 0) is 32.0 Å². The zero-order chi connectivity index (χ0) is 15.9. The molecule has 0 fully saturated rings. The fourth-order valence-electron chi connectivity index (χ4n) is 1.92. The number of guanidine groups is 1.